The number of carbonyl (C=O) groups excluding carboxylic acids is 1. The molecule has 0 radical (unpaired) electrons. The summed E-state index contributed by atoms with van der Waals surface area (Å²) in [6.45, 7) is 0. The molecule has 2 N–H and O–H groups in total. The molecule has 13 heavy (non-hydrogen) atoms. The molecular weight excluding hydrogens is 190 g/mol. The smallest absolute Gasteiger partial charge is 0.251 e. The van der Waals surface area contributed by atoms with Crippen molar-refractivity contribution in [2.75, 3.05) is 7.11 Å². The first-order valence-electron chi connectivity index (χ1n) is 3.62. The average molecular weight is 202 g/mol. The van der Waals surface area contributed by atoms with Crippen molar-refractivity contribution in [1.82, 2.24) is 0 Å². The first-order chi connectivity index (χ1) is 5.75. The molecule has 0 fully saturated rings. The van der Waals surface area contributed by atoms with Gasteiger partial charge in [0.2, 0.25) is 0 Å². The molecule has 1 unspecified atom stereocenters. The Morgan fingerprint density at radius 1 is 1.38 bits per heavy atom. The van der Waals surface area contributed by atoms with E-state index in [1.54, 1.807) is 12.1 Å². The molecule has 0 aromatic heterocycles. The van der Waals surface area contributed by atoms with Crippen LogP contribution in [0.2, 0.25) is 0 Å². The number of nitrogens with two attached hydrogens (primary N) is 1. The van der Waals surface area contributed by atoms with Gasteiger partial charge in [0.1, 0.15) is 0 Å². The van der Waals surface area contributed by atoms with Gasteiger partial charge in [-0.15, -0.1) is 12.4 Å². The fourth-order valence-electron chi connectivity index (χ4n) is 1.04. The third kappa shape index (κ3) is 3.05. The van der Waals surface area contributed by atoms with Crippen LogP contribution >= 0.6 is 12.4 Å². The van der Waals surface area contributed by atoms with Crippen LogP contribution in [0.5, 0.6) is 0 Å². The van der Waals surface area contributed by atoms with Crippen molar-refractivity contribution in [2.24, 2.45) is 5.73 Å². The highest BCUT2D eigenvalue weighted by Gasteiger charge is 2.15. The van der Waals surface area contributed by atoms with E-state index in [0.29, 0.717) is 0 Å². The largest absolute Gasteiger partial charge is 0.367 e. The topological polar surface area (TPSA) is 52.3 Å². The van der Waals surface area contributed by atoms with Gasteiger partial charge < -0.3 is 10.5 Å². The van der Waals surface area contributed by atoms with Crippen LogP contribution in [0.15, 0.2) is 30.3 Å². The Bertz CT molecular complexity index is 264. The Morgan fingerprint density at radius 2 is 1.92 bits per heavy atom. The van der Waals surface area contributed by atoms with E-state index >= 15 is 0 Å². The fourth-order valence-corrected chi connectivity index (χ4v) is 1.04. The molecule has 4 heteroatoms. The molecule has 3 nitrogen and oxygen atoms in total. The van der Waals surface area contributed by atoms with E-state index in [9.17, 15) is 4.79 Å². The molecule has 0 saturated carbocycles. The molecule has 1 rings (SSSR count). The molecular formula is C9H12ClNO2. The number of ether oxygens (including phenoxy) is 1. The predicted molar refractivity (Wildman–Crippen MR) is 52.6 cm³/mol. The summed E-state index contributed by atoms with van der Waals surface area (Å²) in [5.74, 6) is -0.469. The second kappa shape index (κ2) is 5.56. The van der Waals surface area contributed by atoms with E-state index in [-0.39, 0.29) is 12.4 Å². The quantitative estimate of drug-likeness (QED) is 0.801. The first-order valence-corrected chi connectivity index (χ1v) is 3.62. The Balaban J connectivity index is 0.00000144. The van der Waals surface area contributed by atoms with Gasteiger partial charge in [-0.05, 0) is 5.56 Å². The second-order valence-corrected chi connectivity index (χ2v) is 2.43. The van der Waals surface area contributed by atoms with Gasteiger partial charge in [0.15, 0.2) is 6.10 Å². The summed E-state index contributed by atoms with van der Waals surface area (Å²) in [5, 5.41) is 0. The summed E-state index contributed by atoms with van der Waals surface area (Å²) in [6, 6.07) is 9.16. The zero-order chi connectivity index (χ0) is 8.97. The number of methoxy groups -OCH3 is 1. The first kappa shape index (κ1) is 11.9. The van der Waals surface area contributed by atoms with Gasteiger partial charge in [0, 0.05) is 7.11 Å². The van der Waals surface area contributed by atoms with Crippen molar-refractivity contribution >= 4 is 18.3 Å². The molecule has 72 valence electrons. The lowest BCUT2D eigenvalue weighted by atomic mass is 10.1. The summed E-state index contributed by atoms with van der Waals surface area (Å²) < 4.78 is 4.92. The maximum atomic E-state index is 10.8. The minimum absolute atomic E-state index is 0. The van der Waals surface area contributed by atoms with Gasteiger partial charge in [0.25, 0.3) is 5.91 Å². The molecule has 1 aromatic rings. The third-order valence-corrected chi connectivity index (χ3v) is 1.60. The predicted octanol–water partition coefficient (Wildman–Crippen LogP) is 1.28. The van der Waals surface area contributed by atoms with Gasteiger partial charge >= 0.3 is 0 Å². The van der Waals surface area contributed by atoms with Gasteiger partial charge in [-0.3, -0.25) is 4.79 Å². The summed E-state index contributed by atoms with van der Waals surface area (Å²) in [5.41, 5.74) is 5.90. The van der Waals surface area contributed by atoms with Crippen LogP contribution in [0.4, 0.5) is 0 Å². The standard InChI is InChI=1S/C9H11NO2.ClH/c1-12-8(9(10)11)7-5-3-2-4-6-7;/h2-6,8H,1H3,(H2,10,11);1H. The molecule has 1 aromatic carbocycles. The number of benzene rings is 1. The molecule has 0 spiro atoms. The van der Waals surface area contributed by atoms with Gasteiger partial charge in [0.05, 0.1) is 0 Å². The zero-order valence-electron chi connectivity index (χ0n) is 7.27. The number of hydrogen-bond acceptors (Lipinski definition) is 2. The van der Waals surface area contributed by atoms with Crippen LogP contribution in [-0.4, -0.2) is 13.0 Å². The summed E-state index contributed by atoms with van der Waals surface area (Å²) >= 11 is 0. The average Bonchev–Trinajstić information content (AvgIpc) is 2.07. The lowest BCUT2D eigenvalue weighted by molar-refractivity contribution is -0.128. The number of carbonyl (C=O) groups is 1. The summed E-state index contributed by atoms with van der Waals surface area (Å²) in [6.07, 6.45) is -0.633. The highest BCUT2D eigenvalue weighted by Crippen LogP contribution is 2.14. The molecule has 0 heterocycles. The van der Waals surface area contributed by atoms with Crippen LogP contribution in [-0.2, 0) is 9.53 Å². The van der Waals surface area contributed by atoms with E-state index in [1.807, 2.05) is 18.2 Å². The monoisotopic (exact) mass is 201 g/mol. The van der Waals surface area contributed by atoms with E-state index in [0.717, 1.165) is 5.56 Å². The Hall–Kier alpha value is -1.06. The summed E-state index contributed by atoms with van der Waals surface area (Å²) in [4.78, 5) is 10.8. The van der Waals surface area contributed by atoms with E-state index in [2.05, 4.69) is 0 Å². The van der Waals surface area contributed by atoms with Gasteiger partial charge in [-0.1, -0.05) is 30.3 Å². The maximum Gasteiger partial charge on any atom is 0.251 e. The molecule has 0 aliphatic rings. The molecule has 0 saturated heterocycles. The Morgan fingerprint density at radius 3 is 2.31 bits per heavy atom. The number of hydrogen-bond donors (Lipinski definition) is 1. The van der Waals surface area contributed by atoms with Crippen LogP contribution in [0.1, 0.15) is 11.7 Å². The van der Waals surface area contributed by atoms with E-state index in [1.165, 1.54) is 7.11 Å². The lowest BCUT2D eigenvalue weighted by Crippen LogP contribution is -2.22. The number of halogens is 1. The molecule has 0 bridgehead atoms. The maximum absolute atomic E-state index is 10.8. The van der Waals surface area contributed by atoms with Crippen LogP contribution < -0.4 is 5.73 Å². The van der Waals surface area contributed by atoms with Crippen molar-refractivity contribution < 1.29 is 9.53 Å². The van der Waals surface area contributed by atoms with Crippen molar-refractivity contribution in [2.45, 2.75) is 6.10 Å². The summed E-state index contributed by atoms with van der Waals surface area (Å²) in [7, 11) is 1.46. The van der Waals surface area contributed by atoms with Crippen LogP contribution in [0.25, 0.3) is 0 Å². The van der Waals surface area contributed by atoms with Crippen molar-refractivity contribution in [3.8, 4) is 0 Å². The van der Waals surface area contributed by atoms with Crippen LogP contribution in [0.3, 0.4) is 0 Å². The van der Waals surface area contributed by atoms with Crippen molar-refractivity contribution in [1.29, 1.82) is 0 Å². The number of primary amides is 1. The molecule has 1 amide bonds. The minimum Gasteiger partial charge on any atom is -0.367 e. The lowest BCUT2D eigenvalue weighted by Gasteiger charge is -2.10. The Kier molecular flexibility index (Phi) is 5.11. The van der Waals surface area contributed by atoms with Gasteiger partial charge in [-0.2, -0.15) is 0 Å². The number of amides is 1. The van der Waals surface area contributed by atoms with Crippen LogP contribution in [0, 0.1) is 0 Å². The van der Waals surface area contributed by atoms with E-state index in [4.69, 9.17) is 10.5 Å². The second-order valence-electron chi connectivity index (χ2n) is 2.43. The van der Waals surface area contributed by atoms with Crippen molar-refractivity contribution in [3.05, 3.63) is 35.9 Å². The molecule has 0 aliphatic heterocycles. The number of rotatable bonds is 3. The molecule has 0 aliphatic carbocycles. The normalized spacial score (nSPS) is 11.5. The SMILES string of the molecule is COC(C(N)=O)c1ccccc1.Cl. The van der Waals surface area contributed by atoms with E-state index < -0.39 is 12.0 Å². The fraction of sp³-hybridized carbons (Fsp3) is 0.222. The Labute approximate surface area is 83.3 Å². The minimum atomic E-state index is -0.633. The zero-order valence-corrected chi connectivity index (χ0v) is 8.08. The highest BCUT2D eigenvalue weighted by molar-refractivity contribution is 5.85. The van der Waals surface area contributed by atoms with Gasteiger partial charge in [-0.25, -0.2) is 0 Å². The third-order valence-electron chi connectivity index (χ3n) is 1.60. The highest BCUT2D eigenvalue weighted by atomic mass is 35.5. The molecule has 1 atom stereocenters. The van der Waals surface area contributed by atoms with Crippen molar-refractivity contribution in [3.63, 3.8) is 0 Å².